The van der Waals surface area contributed by atoms with Crippen molar-refractivity contribution in [3.8, 4) is 16.3 Å². The smallest absolute Gasteiger partial charge is 0.358 e. The van der Waals surface area contributed by atoms with Gasteiger partial charge >= 0.3 is 5.97 Å². The van der Waals surface area contributed by atoms with Crippen LogP contribution in [0, 0.1) is 6.92 Å². The van der Waals surface area contributed by atoms with Gasteiger partial charge in [0.2, 0.25) is 0 Å². The van der Waals surface area contributed by atoms with Gasteiger partial charge in [0.1, 0.15) is 17.4 Å². The second-order valence-corrected chi connectivity index (χ2v) is 7.62. The number of thiazole rings is 2. The lowest BCUT2D eigenvalue weighted by Gasteiger charge is -2.03. The van der Waals surface area contributed by atoms with Crippen LogP contribution in [0.2, 0.25) is 0 Å². The number of ether oxygens (including phenoxy) is 2. The third kappa shape index (κ3) is 3.54. The number of aromatic nitrogens is 3. The van der Waals surface area contributed by atoms with E-state index in [4.69, 9.17) is 9.47 Å². The molecular formula is C19H15N3O4S2. The van der Waals surface area contributed by atoms with Crippen molar-refractivity contribution in [3.63, 3.8) is 0 Å². The standard InChI is InChI=1S/C19H15N3O4S2/c1-11-9-28-19-20-13(7-16(23)22(11)19)8-26-18(24)15-10-27-17(21-15)12-3-5-14(25-2)6-4-12/h3-7,9-10H,8H2,1-2H3. The van der Waals surface area contributed by atoms with Gasteiger partial charge in [-0.25, -0.2) is 14.8 Å². The van der Waals surface area contributed by atoms with Crippen molar-refractivity contribution in [2.45, 2.75) is 13.5 Å². The number of carbonyl (C=O) groups is 1. The van der Waals surface area contributed by atoms with Crippen molar-refractivity contribution in [2.75, 3.05) is 7.11 Å². The van der Waals surface area contributed by atoms with E-state index in [2.05, 4.69) is 9.97 Å². The van der Waals surface area contributed by atoms with E-state index in [0.717, 1.165) is 17.0 Å². The summed E-state index contributed by atoms with van der Waals surface area (Å²) < 4.78 is 12.0. The quantitative estimate of drug-likeness (QED) is 0.465. The van der Waals surface area contributed by atoms with Gasteiger partial charge < -0.3 is 9.47 Å². The number of hydrogen-bond acceptors (Lipinski definition) is 8. The fraction of sp³-hybridized carbons (Fsp3) is 0.158. The molecule has 9 heteroatoms. The molecular weight excluding hydrogens is 398 g/mol. The summed E-state index contributed by atoms with van der Waals surface area (Å²) in [5.74, 6) is 0.196. The van der Waals surface area contributed by atoms with Crippen LogP contribution in [0.1, 0.15) is 21.9 Å². The van der Waals surface area contributed by atoms with Crippen molar-refractivity contribution in [1.29, 1.82) is 0 Å². The highest BCUT2D eigenvalue weighted by molar-refractivity contribution is 7.15. The predicted octanol–water partition coefficient (Wildman–Crippen LogP) is 3.55. The summed E-state index contributed by atoms with van der Waals surface area (Å²) >= 11 is 2.72. The van der Waals surface area contributed by atoms with Crippen LogP contribution in [0.5, 0.6) is 5.75 Å². The number of hydrogen-bond donors (Lipinski definition) is 0. The Morgan fingerprint density at radius 2 is 1.93 bits per heavy atom. The zero-order valence-corrected chi connectivity index (χ0v) is 16.7. The highest BCUT2D eigenvalue weighted by Gasteiger charge is 2.15. The Balaban J connectivity index is 1.47. The molecule has 0 saturated carbocycles. The van der Waals surface area contributed by atoms with Gasteiger partial charge in [-0.15, -0.1) is 22.7 Å². The van der Waals surface area contributed by atoms with E-state index in [0.29, 0.717) is 15.7 Å². The number of nitrogens with zero attached hydrogens (tertiary/aromatic N) is 3. The SMILES string of the molecule is COc1ccc(-c2nc(C(=O)OCc3cc(=O)n4c(C)csc4n3)cs2)cc1. The van der Waals surface area contributed by atoms with Crippen LogP contribution in [0.25, 0.3) is 15.5 Å². The van der Waals surface area contributed by atoms with E-state index in [1.165, 1.54) is 33.1 Å². The fourth-order valence-corrected chi connectivity index (χ4v) is 4.31. The molecule has 0 aliphatic carbocycles. The summed E-state index contributed by atoms with van der Waals surface area (Å²) in [4.78, 5) is 33.8. The minimum atomic E-state index is -0.555. The van der Waals surface area contributed by atoms with E-state index in [-0.39, 0.29) is 17.9 Å². The summed E-state index contributed by atoms with van der Waals surface area (Å²) in [6.45, 7) is 1.76. The van der Waals surface area contributed by atoms with E-state index >= 15 is 0 Å². The Hall–Kier alpha value is -3.04. The van der Waals surface area contributed by atoms with E-state index < -0.39 is 5.97 Å². The zero-order valence-electron chi connectivity index (χ0n) is 15.0. The molecule has 0 spiro atoms. The van der Waals surface area contributed by atoms with Gasteiger partial charge in [-0.3, -0.25) is 9.20 Å². The van der Waals surface area contributed by atoms with E-state index in [9.17, 15) is 9.59 Å². The van der Waals surface area contributed by atoms with Gasteiger partial charge in [-0.1, -0.05) is 0 Å². The number of rotatable bonds is 5. The first-order chi connectivity index (χ1) is 13.5. The Kier molecular flexibility index (Phi) is 4.93. The van der Waals surface area contributed by atoms with Crippen LogP contribution in [-0.4, -0.2) is 27.4 Å². The van der Waals surface area contributed by atoms with Crippen molar-refractivity contribution in [3.05, 3.63) is 68.5 Å². The molecule has 0 N–H and O–H groups in total. The van der Waals surface area contributed by atoms with Crippen LogP contribution in [-0.2, 0) is 11.3 Å². The molecule has 4 rings (SSSR count). The summed E-state index contributed by atoms with van der Waals surface area (Å²) in [6, 6.07) is 8.80. The van der Waals surface area contributed by atoms with Crippen molar-refractivity contribution in [2.24, 2.45) is 0 Å². The van der Waals surface area contributed by atoms with E-state index in [1.807, 2.05) is 36.6 Å². The van der Waals surface area contributed by atoms with Crippen LogP contribution in [0.3, 0.4) is 0 Å². The number of benzene rings is 1. The molecule has 3 heterocycles. The molecule has 0 saturated heterocycles. The Labute approximate surface area is 167 Å². The summed E-state index contributed by atoms with van der Waals surface area (Å²) in [7, 11) is 1.60. The van der Waals surface area contributed by atoms with Crippen molar-refractivity contribution < 1.29 is 14.3 Å². The first kappa shape index (κ1) is 18.3. The molecule has 0 unspecified atom stereocenters. The van der Waals surface area contributed by atoms with Gasteiger partial charge in [-0.05, 0) is 31.2 Å². The number of fused-ring (bicyclic) bond motifs is 1. The maximum atomic E-state index is 12.3. The highest BCUT2D eigenvalue weighted by atomic mass is 32.1. The lowest BCUT2D eigenvalue weighted by atomic mass is 10.2. The molecule has 1 aromatic carbocycles. The third-order valence-corrected chi connectivity index (χ3v) is 5.87. The van der Waals surface area contributed by atoms with Crippen LogP contribution >= 0.6 is 22.7 Å². The maximum absolute atomic E-state index is 12.3. The average molecular weight is 413 g/mol. The van der Waals surface area contributed by atoms with Crippen LogP contribution < -0.4 is 10.3 Å². The largest absolute Gasteiger partial charge is 0.497 e. The van der Waals surface area contributed by atoms with Gasteiger partial charge in [0.25, 0.3) is 5.56 Å². The number of carbonyl (C=O) groups excluding carboxylic acids is 1. The normalized spacial score (nSPS) is 10.9. The Morgan fingerprint density at radius 3 is 2.68 bits per heavy atom. The maximum Gasteiger partial charge on any atom is 0.358 e. The monoisotopic (exact) mass is 413 g/mol. The first-order valence-corrected chi connectivity index (χ1v) is 10.0. The first-order valence-electron chi connectivity index (χ1n) is 8.29. The highest BCUT2D eigenvalue weighted by Crippen LogP contribution is 2.26. The molecule has 28 heavy (non-hydrogen) atoms. The molecule has 0 amide bonds. The minimum absolute atomic E-state index is 0.0864. The lowest BCUT2D eigenvalue weighted by molar-refractivity contribution is 0.0462. The van der Waals surface area contributed by atoms with Gasteiger partial charge in [0.05, 0.1) is 12.8 Å². The fourth-order valence-electron chi connectivity index (χ4n) is 2.62. The Bertz CT molecular complexity index is 1210. The number of aryl methyl sites for hydroxylation is 1. The molecule has 0 atom stereocenters. The second kappa shape index (κ2) is 7.53. The number of esters is 1. The molecule has 7 nitrogen and oxygen atoms in total. The summed E-state index contributed by atoms with van der Waals surface area (Å²) in [6.07, 6.45) is 0. The summed E-state index contributed by atoms with van der Waals surface area (Å²) in [5, 5.41) is 4.22. The molecule has 0 fully saturated rings. The van der Waals surface area contributed by atoms with Crippen molar-refractivity contribution >= 4 is 33.6 Å². The number of methoxy groups -OCH3 is 1. The van der Waals surface area contributed by atoms with Crippen LogP contribution in [0.15, 0.2) is 45.9 Å². The van der Waals surface area contributed by atoms with Gasteiger partial charge in [0, 0.05) is 28.1 Å². The lowest BCUT2D eigenvalue weighted by Crippen LogP contribution is -2.16. The summed E-state index contributed by atoms with van der Waals surface area (Å²) in [5.41, 5.74) is 2.16. The molecule has 3 aromatic heterocycles. The molecule has 4 aromatic rings. The van der Waals surface area contributed by atoms with Crippen molar-refractivity contribution in [1.82, 2.24) is 14.4 Å². The average Bonchev–Trinajstić information content (AvgIpc) is 3.34. The zero-order chi connectivity index (χ0) is 19.7. The second-order valence-electron chi connectivity index (χ2n) is 5.92. The topological polar surface area (TPSA) is 82.8 Å². The minimum Gasteiger partial charge on any atom is -0.497 e. The molecule has 0 bridgehead atoms. The molecule has 0 aliphatic rings. The van der Waals surface area contributed by atoms with Crippen LogP contribution in [0.4, 0.5) is 0 Å². The van der Waals surface area contributed by atoms with E-state index in [1.54, 1.807) is 12.5 Å². The molecule has 142 valence electrons. The Morgan fingerprint density at radius 1 is 1.14 bits per heavy atom. The van der Waals surface area contributed by atoms with Gasteiger partial charge in [-0.2, -0.15) is 0 Å². The molecule has 0 radical (unpaired) electrons. The third-order valence-electron chi connectivity index (χ3n) is 4.03. The molecule has 0 aliphatic heterocycles. The van der Waals surface area contributed by atoms with Gasteiger partial charge in [0.15, 0.2) is 10.7 Å². The predicted molar refractivity (Wildman–Crippen MR) is 107 cm³/mol.